The summed E-state index contributed by atoms with van der Waals surface area (Å²) in [5.74, 6) is 0. The average molecular weight is 272 g/mol. The Morgan fingerprint density at radius 2 is 2.06 bits per heavy atom. The molecule has 1 atom stereocenters. The van der Waals surface area contributed by atoms with Crippen molar-refractivity contribution in [1.29, 1.82) is 0 Å². The Balaban J connectivity index is 2.62. The van der Waals surface area contributed by atoms with E-state index in [2.05, 4.69) is 24.4 Å². The molecule has 0 amide bonds. The van der Waals surface area contributed by atoms with Gasteiger partial charge in [0.15, 0.2) is 0 Å². The van der Waals surface area contributed by atoms with Crippen LogP contribution in [0.1, 0.15) is 38.3 Å². The van der Waals surface area contributed by atoms with E-state index in [0.29, 0.717) is 16.1 Å². The molecule has 0 radical (unpaired) electrons. The van der Waals surface area contributed by atoms with Crippen molar-refractivity contribution in [3.63, 3.8) is 0 Å². The van der Waals surface area contributed by atoms with Crippen molar-refractivity contribution < 1.29 is 0 Å². The van der Waals surface area contributed by atoms with Gasteiger partial charge in [0.05, 0.1) is 10.0 Å². The summed E-state index contributed by atoms with van der Waals surface area (Å²) >= 11 is 11.9. The van der Waals surface area contributed by atoms with Gasteiger partial charge in [-0.1, -0.05) is 48.3 Å². The summed E-state index contributed by atoms with van der Waals surface area (Å²) < 4.78 is 0. The fraction of sp³-hybridized carbons (Fsp3) is 0.429. The quantitative estimate of drug-likeness (QED) is 0.567. The predicted molar refractivity (Wildman–Crippen MR) is 76.9 cm³/mol. The Bertz CT molecular complexity index is 374. The van der Waals surface area contributed by atoms with Crippen LogP contribution in [0.5, 0.6) is 0 Å². The standard InChI is InChI=1S/C14H19Cl2N/c1-3-5-6-9-17-14(4-2)11-7-8-12(15)13(16)10-11/h3,5,7-8,10,14,17H,4,6,9H2,1-2H3/b5-3+. The molecule has 1 aromatic rings. The van der Waals surface area contributed by atoms with Crippen LogP contribution in [0.3, 0.4) is 0 Å². The smallest absolute Gasteiger partial charge is 0.0595 e. The zero-order valence-corrected chi connectivity index (χ0v) is 11.9. The highest BCUT2D eigenvalue weighted by Crippen LogP contribution is 2.26. The van der Waals surface area contributed by atoms with E-state index in [1.54, 1.807) is 0 Å². The minimum absolute atomic E-state index is 0.343. The number of nitrogens with one attached hydrogen (secondary N) is 1. The molecule has 1 rings (SSSR count). The molecule has 1 unspecified atom stereocenters. The van der Waals surface area contributed by atoms with Gasteiger partial charge in [0.2, 0.25) is 0 Å². The summed E-state index contributed by atoms with van der Waals surface area (Å²) in [6, 6.07) is 6.18. The van der Waals surface area contributed by atoms with Crippen molar-refractivity contribution in [3.8, 4) is 0 Å². The maximum absolute atomic E-state index is 6.03. The third-order valence-electron chi connectivity index (χ3n) is 2.69. The largest absolute Gasteiger partial charge is 0.310 e. The first-order valence-corrected chi connectivity index (χ1v) is 6.74. The molecule has 94 valence electrons. The molecule has 0 saturated carbocycles. The molecule has 1 aromatic carbocycles. The first-order valence-electron chi connectivity index (χ1n) is 5.98. The highest BCUT2D eigenvalue weighted by atomic mass is 35.5. The summed E-state index contributed by atoms with van der Waals surface area (Å²) in [4.78, 5) is 0. The highest BCUT2D eigenvalue weighted by molar-refractivity contribution is 6.42. The maximum atomic E-state index is 6.03. The fourth-order valence-corrected chi connectivity index (χ4v) is 2.04. The molecule has 0 heterocycles. The van der Waals surface area contributed by atoms with Crippen molar-refractivity contribution in [1.82, 2.24) is 5.32 Å². The van der Waals surface area contributed by atoms with Gasteiger partial charge in [-0.25, -0.2) is 0 Å². The lowest BCUT2D eigenvalue weighted by Crippen LogP contribution is -2.21. The van der Waals surface area contributed by atoms with Crippen molar-refractivity contribution in [2.45, 2.75) is 32.7 Å². The van der Waals surface area contributed by atoms with Crippen LogP contribution in [0.25, 0.3) is 0 Å². The summed E-state index contributed by atoms with van der Waals surface area (Å²) in [5.41, 5.74) is 1.20. The second kappa shape index (κ2) is 7.75. The van der Waals surface area contributed by atoms with E-state index < -0.39 is 0 Å². The minimum Gasteiger partial charge on any atom is -0.310 e. The second-order valence-electron chi connectivity index (χ2n) is 3.95. The molecular formula is C14H19Cl2N. The Morgan fingerprint density at radius 3 is 2.65 bits per heavy atom. The van der Waals surface area contributed by atoms with Gasteiger partial charge in [0, 0.05) is 6.04 Å². The molecule has 17 heavy (non-hydrogen) atoms. The van der Waals surface area contributed by atoms with Gasteiger partial charge in [-0.15, -0.1) is 0 Å². The third kappa shape index (κ3) is 4.71. The van der Waals surface area contributed by atoms with Gasteiger partial charge in [-0.05, 0) is 44.0 Å². The Hall–Kier alpha value is -0.500. The topological polar surface area (TPSA) is 12.0 Å². The molecule has 0 saturated heterocycles. The monoisotopic (exact) mass is 271 g/mol. The van der Waals surface area contributed by atoms with Crippen LogP contribution in [-0.4, -0.2) is 6.54 Å². The first-order chi connectivity index (χ1) is 8.19. The third-order valence-corrected chi connectivity index (χ3v) is 3.43. The molecule has 0 aromatic heterocycles. The second-order valence-corrected chi connectivity index (χ2v) is 4.76. The molecule has 0 fully saturated rings. The van der Waals surface area contributed by atoms with Crippen molar-refractivity contribution in [2.75, 3.05) is 6.54 Å². The molecule has 1 N–H and O–H groups in total. The number of hydrogen-bond acceptors (Lipinski definition) is 1. The molecule has 3 heteroatoms. The van der Waals surface area contributed by atoms with E-state index >= 15 is 0 Å². The van der Waals surface area contributed by atoms with Crippen LogP contribution in [0, 0.1) is 0 Å². The van der Waals surface area contributed by atoms with Crippen molar-refractivity contribution in [2.24, 2.45) is 0 Å². The molecule has 0 aliphatic rings. The van der Waals surface area contributed by atoms with Crippen LogP contribution in [-0.2, 0) is 0 Å². The van der Waals surface area contributed by atoms with E-state index in [1.165, 1.54) is 5.56 Å². The molecule has 1 nitrogen and oxygen atoms in total. The van der Waals surface area contributed by atoms with E-state index in [1.807, 2.05) is 25.1 Å². The van der Waals surface area contributed by atoms with Crippen molar-refractivity contribution >= 4 is 23.2 Å². The lowest BCUT2D eigenvalue weighted by Gasteiger charge is -2.17. The molecular weight excluding hydrogens is 253 g/mol. The van der Waals surface area contributed by atoms with E-state index in [9.17, 15) is 0 Å². The molecule has 0 bridgehead atoms. The number of hydrogen-bond donors (Lipinski definition) is 1. The van der Waals surface area contributed by atoms with E-state index in [0.717, 1.165) is 19.4 Å². The van der Waals surface area contributed by atoms with Crippen LogP contribution in [0.4, 0.5) is 0 Å². The van der Waals surface area contributed by atoms with Crippen LogP contribution in [0.2, 0.25) is 10.0 Å². The minimum atomic E-state index is 0.343. The lowest BCUT2D eigenvalue weighted by molar-refractivity contribution is 0.525. The SMILES string of the molecule is C/C=C/CCNC(CC)c1ccc(Cl)c(Cl)c1. The van der Waals surface area contributed by atoms with Gasteiger partial charge in [-0.3, -0.25) is 0 Å². The van der Waals surface area contributed by atoms with Gasteiger partial charge >= 0.3 is 0 Å². The van der Waals surface area contributed by atoms with Crippen molar-refractivity contribution in [3.05, 3.63) is 46.0 Å². The fourth-order valence-electron chi connectivity index (χ4n) is 1.73. The first kappa shape index (κ1) is 14.6. The van der Waals surface area contributed by atoms with Crippen LogP contribution < -0.4 is 5.32 Å². The number of rotatable bonds is 6. The van der Waals surface area contributed by atoms with Crippen LogP contribution >= 0.6 is 23.2 Å². The zero-order valence-electron chi connectivity index (χ0n) is 10.3. The summed E-state index contributed by atoms with van der Waals surface area (Å²) in [7, 11) is 0. The maximum Gasteiger partial charge on any atom is 0.0595 e. The molecule has 0 aliphatic heterocycles. The normalized spacial score (nSPS) is 13.2. The summed E-state index contributed by atoms with van der Waals surface area (Å²) in [5, 5.41) is 4.75. The van der Waals surface area contributed by atoms with Gasteiger partial charge < -0.3 is 5.32 Å². The van der Waals surface area contributed by atoms with E-state index in [4.69, 9.17) is 23.2 Å². The number of allylic oxidation sites excluding steroid dienone is 1. The Morgan fingerprint density at radius 1 is 1.29 bits per heavy atom. The van der Waals surface area contributed by atoms with Gasteiger partial charge in [0.1, 0.15) is 0 Å². The van der Waals surface area contributed by atoms with Crippen LogP contribution in [0.15, 0.2) is 30.4 Å². The molecule has 0 spiro atoms. The number of benzene rings is 1. The van der Waals surface area contributed by atoms with Gasteiger partial charge in [0.25, 0.3) is 0 Å². The Labute approximate surface area is 114 Å². The highest BCUT2D eigenvalue weighted by Gasteiger charge is 2.09. The van der Waals surface area contributed by atoms with Gasteiger partial charge in [-0.2, -0.15) is 0 Å². The lowest BCUT2D eigenvalue weighted by atomic mass is 10.0. The summed E-state index contributed by atoms with van der Waals surface area (Å²) in [6.07, 6.45) is 6.32. The summed E-state index contributed by atoms with van der Waals surface area (Å²) in [6.45, 7) is 5.18. The zero-order chi connectivity index (χ0) is 12.7. The molecule has 0 aliphatic carbocycles. The Kier molecular flexibility index (Phi) is 6.64. The number of halogens is 2. The van der Waals surface area contributed by atoms with E-state index in [-0.39, 0.29) is 0 Å². The average Bonchev–Trinajstić information content (AvgIpc) is 2.33. The predicted octanol–water partition coefficient (Wildman–Crippen LogP) is 5.00.